The van der Waals surface area contributed by atoms with Crippen molar-refractivity contribution in [3.8, 4) is 0 Å². The van der Waals surface area contributed by atoms with Crippen LogP contribution >= 0.6 is 0 Å². The van der Waals surface area contributed by atoms with Crippen LogP contribution in [0.2, 0.25) is 0 Å². The second-order valence-electron chi connectivity index (χ2n) is 10.2. The van der Waals surface area contributed by atoms with E-state index in [-0.39, 0.29) is 0 Å². The summed E-state index contributed by atoms with van der Waals surface area (Å²) in [5, 5.41) is 8.23. The van der Waals surface area contributed by atoms with Gasteiger partial charge in [0.05, 0.1) is 10.4 Å². The average molecular weight is 521 g/mol. The molecule has 0 radical (unpaired) electrons. The lowest BCUT2D eigenvalue weighted by molar-refractivity contribution is 0.354. The van der Waals surface area contributed by atoms with Crippen molar-refractivity contribution in [2.24, 2.45) is 0 Å². The highest BCUT2D eigenvalue weighted by atomic mass is 32.2. The summed E-state index contributed by atoms with van der Waals surface area (Å²) >= 11 is 0. The Morgan fingerprint density at radius 2 is 1.68 bits per heavy atom. The van der Waals surface area contributed by atoms with Gasteiger partial charge in [0, 0.05) is 50.4 Å². The van der Waals surface area contributed by atoms with Crippen LogP contribution in [0.1, 0.15) is 37.7 Å². The van der Waals surface area contributed by atoms with E-state index in [9.17, 15) is 8.42 Å². The molecule has 0 amide bonds. The fourth-order valence-corrected chi connectivity index (χ4v) is 6.73. The van der Waals surface area contributed by atoms with Crippen molar-refractivity contribution < 1.29 is 8.42 Å². The molecule has 3 aromatic rings. The second-order valence-corrected chi connectivity index (χ2v) is 12.1. The van der Waals surface area contributed by atoms with E-state index in [1.165, 1.54) is 0 Å². The first-order chi connectivity index (χ1) is 17.8. The maximum atomic E-state index is 13.2. The summed E-state index contributed by atoms with van der Waals surface area (Å²) in [6, 6.07) is 15.9. The van der Waals surface area contributed by atoms with Gasteiger partial charge in [0.1, 0.15) is 5.82 Å². The number of rotatable bonds is 8. The molecule has 0 saturated heterocycles. The number of anilines is 2. The van der Waals surface area contributed by atoms with Crippen LogP contribution in [-0.2, 0) is 10.0 Å². The van der Waals surface area contributed by atoms with Crippen LogP contribution in [-0.4, -0.2) is 62.0 Å². The quantitative estimate of drug-likeness (QED) is 0.458. The van der Waals surface area contributed by atoms with Crippen LogP contribution in [0, 0.1) is 6.92 Å². The number of hydrogen-bond donors (Lipinski definition) is 2. The van der Waals surface area contributed by atoms with Crippen molar-refractivity contribution >= 4 is 32.7 Å². The molecular weight excluding hydrogens is 484 g/mol. The van der Waals surface area contributed by atoms with Crippen molar-refractivity contribution in [1.29, 1.82) is 0 Å². The molecule has 196 valence electrons. The molecular formula is C28H36N6O2S. The molecule has 1 aromatic heterocycles. The first-order valence-electron chi connectivity index (χ1n) is 13.0. The minimum atomic E-state index is -3.53. The van der Waals surface area contributed by atoms with Crippen LogP contribution in [0.3, 0.4) is 0 Å². The smallest absolute Gasteiger partial charge is 0.264 e. The number of hydrogen-bond acceptors (Lipinski definition) is 7. The number of aryl methyl sites for hydroxylation is 1. The number of nitrogens with one attached hydrogen (secondary N) is 2. The van der Waals surface area contributed by atoms with Gasteiger partial charge in [0.25, 0.3) is 10.0 Å². The van der Waals surface area contributed by atoms with E-state index < -0.39 is 10.0 Å². The van der Waals surface area contributed by atoms with Gasteiger partial charge in [-0.05, 0) is 63.3 Å². The Hall–Kier alpha value is -3.17. The number of nitrogens with zero attached hydrogens (tertiary/aromatic N) is 4. The standard InChI is InChI=1S/C28H36N6O2S/c1-20-10-16-24(17-11-20)37(35,36)34-18-6-7-23(34)19-29-21-12-14-22(15-13-21)30-28-31-26-9-5-4-8-25(26)27(32-28)33(2)3/h4-5,7-11,16-17,21-22,29H,6,12-15,18-19H2,1-3H3,(H,30,31,32). The molecule has 2 N–H and O–H groups in total. The topological polar surface area (TPSA) is 90.5 Å². The van der Waals surface area contributed by atoms with E-state index in [0.29, 0.717) is 36.0 Å². The van der Waals surface area contributed by atoms with Gasteiger partial charge >= 0.3 is 0 Å². The van der Waals surface area contributed by atoms with Gasteiger partial charge in [-0.3, -0.25) is 4.31 Å². The number of para-hydroxylation sites is 1. The van der Waals surface area contributed by atoms with Gasteiger partial charge < -0.3 is 15.5 Å². The van der Waals surface area contributed by atoms with Crippen LogP contribution in [0.25, 0.3) is 10.9 Å². The molecule has 1 saturated carbocycles. The lowest BCUT2D eigenvalue weighted by atomic mass is 9.91. The zero-order valence-electron chi connectivity index (χ0n) is 21.8. The first-order valence-corrected chi connectivity index (χ1v) is 14.5. The monoisotopic (exact) mass is 520 g/mol. The van der Waals surface area contributed by atoms with E-state index in [1.807, 2.05) is 62.3 Å². The molecule has 9 heteroatoms. The van der Waals surface area contributed by atoms with Gasteiger partial charge in [0.15, 0.2) is 0 Å². The van der Waals surface area contributed by atoms with Crippen molar-refractivity contribution in [1.82, 2.24) is 19.6 Å². The third kappa shape index (κ3) is 5.57. The number of fused-ring (bicyclic) bond motifs is 1. The van der Waals surface area contributed by atoms with Crippen LogP contribution < -0.4 is 15.5 Å². The molecule has 2 heterocycles. The molecule has 0 atom stereocenters. The molecule has 1 fully saturated rings. The minimum Gasteiger partial charge on any atom is -0.362 e. The molecule has 5 rings (SSSR count). The summed E-state index contributed by atoms with van der Waals surface area (Å²) < 4.78 is 28.0. The summed E-state index contributed by atoms with van der Waals surface area (Å²) in [5.41, 5.74) is 2.84. The van der Waals surface area contributed by atoms with E-state index in [0.717, 1.165) is 60.1 Å². The van der Waals surface area contributed by atoms with Crippen LogP contribution in [0.4, 0.5) is 11.8 Å². The summed E-state index contributed by atoms with van der Waals surface area (Å²) in [5.74, 6) is 1.59. The fraction of sp³-hybridized carbons (Fsp3) is 0.429. The Labute approximate surface area is 219 Å². The van der Waals surface area contributed by atoms with Gasteiger partial charge in [-0.25, -0.2) is 13.4 Å². The highest BCUT2D eigenvalue weighted by molar-refractivity contribution is 7.89. The van der Waals surface area contributed by atoms with E-state index in [4.69, 9.17) is 9.97 Å². The lowest BCUT2D eigenvalue weighted by Crippen LogP contribution is -2.40. The molecule has 37 heavy (non-hydrogen) atoms. The largest absolute Gasteiger partial charge is 0.362 e. The number of aromatic nitrogens is 2. The van der Waals surface area contributed by atoms with Crippen LogP contribution in [0.15, 0.2) is 65.2 Å². The van der Waals surface area contributed by atoms with E-state index >= 15 is 0 Å². The Morgan fingerprint density at radius 3 is 2.41 bits per heavy atom. The van der Waals surface area contributed by atoms with Gasteiger partial charge in [-0.2, -0.15) is 4.98 Å². The fourth-order valence-electron chi connectivity index (χ4n) is 5.20. The SMILES string of the molecule is Cc1ccc(S(=O)(=O)N2CCC=C2CNC2CCC(Nc3nc(N(C)C)c4ccccc4n3)CC2)cc1. The van der Waals surface area contributed by atoms with E-state index in [1.54, 1.807) is 16.4 Å². The maximum absolute atomic E-state index is 13.2. The third-order valence-electron chi connectivity index (χ3n) is 7.28. The number of sulfonamides is 1. The maximum Gasteiger partial charge on any atom is 0.264 e. The van der Waals surface area contributed by atoms with Gasteiger partial charge in [-0.1, -0.05) is 35.9 Å². The van der Waals surface area contributed by atoms with Crippen molar-refractivity contribution in [2.45, 2.75) is 56.0 Å². The van der Waals surface area contributed by atoms with Gasteiger partial charge in [0.2, 0.25) is 5.95 Å². The molecule has 1 aliphatic heterocycles. The lowest BCUT2D eigenvalue weighted by Gasteiger charge is -2.31. The second kappa shape index (κ2) is 10.7. The van der Waals surface area contributed by atoms with Crippen molar-refractivity contribution in [3.05, 3.63) is 65.9 Å². The molecule has 2 aromatic carbocycles. The third-order valence-corrected chi connectivity index (χ3v) is 9.15. The molecule has 0 spiro atoms. The highest BCUT2D eigenvalue weighted by Crippen LogP contribution is 2.28. The normalized spacial score (nSPS) is 20.2. The molecule has 0 unspecified atom stereocenters. The summed E-state index contributed by atoms with van der Waals surface area (Å²) in [4.78, 5) is 11.9. The highest BCUT2D eigenvalue weighted by Gasteiger charge is 2.30. The first kappa shape index (κ1) is 25.5. The minimum absolute atomic E-state index is 0.318. The zero-order chi connectivity index (χ0) is 26.0. The Kier molecular flexibility index (Phi) is 7.35. The number of benzene rings is 2. The Morgan fingerprint density at radius 1 is 0.973 bits per heavy atom. The summed E-state index contributed by atoms with van der Waals surface area (Å²) in [7, 11) is 0.476. The zero-order valence-corrected chi connectivity index (χ0v) is 22.6. The Balaban J connectivity index is 1.16. The average Bonchev–Trinajstić information content (AvgIpc) is 3.38. The summed E-state index contributed by atoms with van der Waals surface area (Å²) in [6.07, 6.45) is 6.85. The van der Waals surface area contributed by atoms with Crippen molar-refractivity contribution in [3.63, 3.8) is 0 Å². The molecule has 2 aliphatic rings. The predicted octanol–water partition coefficient (Wildman–Crippen LogP) is 4.30. The summed E-state index contributed by atoms with van der Waals surface area (Å²) in [6.45, 7) is 3.03. The Bertz CT molecular complexity index is 1380. The van der Waals surface area contributed by atoms with Gasteiger partial charge in [-0.15, -0.1) is 0 Å². The van der Waals surface area contributed by atoms with E-state index in [2.05, 4.69) is 16.7 Å². The van der Waals surface area contributed by atoms with Crippen LogP contribution in [0.5, 0.6) is 0 Å². The molecule has 1 aliphatic carbocycles. The van der Waals surface area contributed by atoms with Crippen molar-refractivity contribution in [2.75, 3.05) is 37.4 Å². The predicted molar refractivity (Wildman–Crippen MR) is 149 cm³/mol. The molecule has 8 nitrogen and oxygen atoms in total. The molecule has 0 bridgehead atoms.